The van der Waals surface area contributed by atoms with Crippen LogP contribution in [-0.2, 0) is 6.42 Å². The van der Waals surface area contributed by atoms with Gasteiger partial charge in [-0.15, -0.1) is 0 Å². The molecule has 0 radical (unpaired) electrons. The molecule has 0 bridgehead atoms. The lowest BCUT2D eigenvalue weighted by molar-refractivity contribution is 0.0940. The van der Waals surface area contributed by atoms with Gasteiger partial charge in [-0.05, 0) is 11.6 Å². The van der Waals surface area contributed by atoms with E-state index in [0.717, 1.165) is 0 Å². The summed E-state index contributed by atoms with van der Waals surface area (Å²) < 4.78 is 0. The van der Waals surface area contributed by atoms with Crippen LogP contribution in [0, 0.1) is 0 Å². The molecule has 14 heavy (non-hydrogen) atoms. The van der Waals surface area contributed by atoms with Gasteiger partial charge < -0.3 is 15.9 Å². The molecule has 0 fully saturated rings. The highest BCUT2D eigenvalue weighted by Crippen LogP contribution is 2.10. The van der Waals surface area contributed by atoms with Crippen LogP contribution >= 0.6 is 0 Å². The first-order chi connectivity index (χ1) is 6.65. The summed E-state index contributed by atoms with van der Waals surface area (Å²) in [4.78, 5) is 11.0. The lowest BCUT2D eigenvalue weighted by Gasteiger charge is -2.09. The van der Waals surface area contributed by atoms with E-state index in [9.17, 15) is 9.90 Å². The van der Waals surface area contributed by atoms with Gasteiger partial charge in [0.25, 0.3) is 0 Å². The number of aliphatic hydroxyl groups is 2. The fourth-order valence-corrected chi connectivity index (χ4v) is 1.26. The first-order valence-electron chi connectivity index (χ1n) is 4.31. The highest BCUT2D eigenvalue weighted by atomic mass is 16.3. The maximum atomic E-state index is 11.0. The summed E-state index contributed by atoms with van der Waals surface area (Å²) in [7, 11) is 0. The van der Waals surface area contributed by atoms with Crippen molar-refractivity contribution in [3.05, 3.63) is 35.4 Å². The third-order valence-electron chi connectivity index (χ3n) is 1.95. The maximum Gasteiger partial charge on any atom is 0.248 e. The number of nitrogens with two attached hydrogens (primary N) is 1. The Morgan fingerprint density at radius 3 is 2.64 bits per heavy atom. The molecule has 1 unspecified atom stereocenters. The van der Waals surface area contributed by atoms with Gasteiger partial charge in [-0.25, -0.2) is 0 Å². The zero-order chi connectivity index (χ0) is 10.6. The number of hydrogen-bond donors (Lipinski definition) is 3. The number of primary amides is 1. The van der Waals surface area contributed by atoms with Gasteiger partial charge in [0.1, 0.15) is 0 Å². The van der Waals surface area contributed by atoms with Crippen molar-refractivity contribution >= 4 is 5.91 Å². The number of hydrogen-bond acceptors (Lipinski definition) is 3. The fraction of sp³-hybridized carbons (Fsp3) is 0.300. The molecule has 0 aromatic heterocycles. The first kappa shape index (κ1) is 10.7. The SMILES string of the molecule is NC(=O)c1ccccc1CC(O)CO. The molecule has 1 atom stereocenters. The highest BCUT2D eigenvalue weighted by molar-refractivity contribution is 5.94. The minimum absolute atomic E-state index is 0.232. The summed E-state index contributed by atoms with van der Waals surface area (Å²) in [6, 6.07) is 6.77. The van der Waals surface area contributed by atoms with E-state index < -0.39 is 12.0 Å². The second-order valence-corrected chi connectivity index (χ2v) is 3.06. The molecule has 0 spiro atoms. The van der Waals surface area contributed by atoms with Gasteiger partial charge in [-0.2, -0.15) is 0 Å². The van der Waals surface area contributed by atoms with Crippen molar-refractivity contribution in [1.82, 2.24) is 0 Å². The molecule has 1 rings (SSSR count). The van der Waals surface area contributed by atoms with Crippen LogP contribution < -0.4 is 5.73 Å². The quantitative estimate of drug-likeness (QED) is 0.615. The molecule has 1 amide bonds. The largest absolute Gasteiger partial charge is 0.394 e. The van der Waals surface area contributed by atoms with Crippen molar-refractivity contribution in [2.45, 2.75) is 12.5 Å². The Bertz CT molecular complexity index is 325. The van der Waals surface area contributed by atoms with Crippen LogP contribution in [0.3, 0.4) is 0 Å². The van der Waals surface area contributed by atoms with Gasteiger partial charge in [0.05, 0.1) is 12.7 Å². The van der Waals surface area contributed by atoms with Crippen LogP contribution in [-0.4, -0.2) is 28.8 Å². The number of carbonyl (C=O) groups excluding carboxylic acids is 1. The van der Waals surface area contributed by atoms with Crippen molar-refractivity contribution in [2.75, 3.05) is 6.61 Å². The van der Waals surface area contributed by atoms with Gasteiger partial charge in [0.15, 0.2) is 0 Å². The number of aliphatic hydroxyl groups excluding tert-OH is 2. The second-order valence-electron chi connectivity index (χ2n) is 3.06. The lowest BCUT2D eigenvalue weighted by atomic mass is 10.0. The van der Waals surface area contributed by atoms with E-state index in [1.54, 1.807) is 24.3 Å². The number of amides is 1. The standard InChI is InChI=1S/C10H13NO3/c11-10(14)9-4-2-1-3-7(9)5-8(13)6-12/h1-4,8,12-13H,5-6H2,(H2,11,14). The summed E-state index contributed by atoms with van der Waals surface area (Å²) in [5.74, 6) is -0.522. The first-order valence-corrected chi connectivity index (χ1v) is 4.31. The average Bonchev–Trinajstić information content (AvgIpc) is 2.18. The molecule has 0 heterocycles. The Balaban J connectivity index is 2.90. The minimum atomic E-state index is -0.851. The molecule has 0 aliphatic carbocycles. The van der Waals surface area contributed by atoms with Crippen molar-refractivity contribution in [2.24, 2.45) is 5.73 Å². The molecule has 0 saturated carbocycles. The van der Waals surface area contributed by atoms with Crippen LogP contribution in [0.25, 0.3) is 0 Å². The predicted molar refractivity (Wildman–Crippen MR) is 51.8 cm³/mol. The number of rotatable bonds is 4. The van der Waals surface area contributed by atoms with E-state index >= 15 is 0 Å². The van der Waals surface area contributed by atoms with Crippen molar-refractivity contribution in [1.29, 1.82) is 0 Å². The van der Waals surface area contributed by atoms with E-state index in [2.05, 4.69) is 0 Å². The highest BCUT2D eigenvalue weighted by Gasteiger charge is 2.10. The zero-order valence-electron chi connectivity index (χ0n) is 7.68. The third-order valence-corrected chi connectivity index (χ3v) is 1.95. The number of benzene rings is 1. The van der Waals surface area contributed by atoms with Crippen LogP contribution in [0.2, 0.25) is 0 Å². The molecule has 1 aromatic rings. The predicted octanol–water partition coefficient (Wildman–Crippen LogP) is -0.319. The summed E-state index contributed by atoms with van der Waals surface area (Å²) >= 11 is 0. The van der Waals surface area contributed by atoms with Crippen LogP contribution in [0.15, 0.2) is 24.3 Å². The lowest BCUT2D eigenvalue weighted by Crippen LogP contribution is -2.19. The van der Waals surface area contributed by atoms with Crippen LogP contribution in [0.1, 0.15) is 15.9 Å². The minimum Gasteiger partial charge on any atom is -0.394 e. The second kappa shape index (κ2) is 4.74. The van der Waals surface area contributed by atoms with Crippen LogP contribution in [0.4, 0.5) is 0 Å². The normalized spacial score (nSPS) is 12.4. The Kier molecular flexibility index (Phi) is 3.62. The van der Waals surface area contributed by atoms with Gasteiger partial charge >= 0.3 is 0 Å². The van der Waals surface area contributed by atoms with E-state index in [-0.39, 0.29) is 13.0 Å². The van der Waals surface area contributed by atoms with Gasteiger partial charge in [-0.3, -0.25) is 4.79 Å². The Hall–Kier alpha value is -1.39. The van der Waals surface area contributed by atoms with Crippen molar-refractivity contribution in [3.8, 4) is 0 Å². The Labute approximate surface area is 82.0 Å². The fourth-order valence-electron chi connectivity index (χ4n) is 1.26. The van der Waals surface area contributed by atoms with Crippen molar-refractivity contribution < 1.29 is 15.0 Å². The Morgan fingerprint density at radius 1 is 1.43 bits per heavy atom. The topological polar surface area (TPSA) is 83.6 Å². The molecule has 0 aliphatic heterocycles. The molecule has 76 valence electrons. The summed E-state index contributed by atoms with van der Waals surface area (Å²) in [6.45, 7) is -0.326. The molecule has 1 aromatic carbocycles. The molecule has 0 saturated heterocycles. The third kappa shape index (κ3) is 2.55. The van der Waals surface area contributed by atoms with E-state index in [1.165, 1.54) is 0 Å². The maximum absolute atomic E-state index is 11.0. The molecular weight excluding hydrogens is 182 g/mol. The Morgan fingerprint density at radius 2 is 2.07 bits per heavy atom. The van der Waals surface area contributed by atoms with Gasteiger partial charge in [0, 0.05) is 12.0 Å². The van der Waals surface area contributed by atoms with Crippen molar-refractivity contribution in [3.63, 3.8) is 0 Å². The molecule has 0 aliphatic rings. The number of carbonyl (C=O) groups is 1. The molecule has 4 heteroatoms. The summed E-state index contributed by atoms with van der Waals surface area (Å²) in [5, 5.41) is 17.9. The van der Waals surface area contributed by atoms with Gasteiger partial charge in [-0.1, -0.05) is 18.2 Å². The monoisotopic (exact) mass is 195 g/mol. The van der Waals surface area contributed by atoms with E-state index in [4.69, 9.17) is 10.8 Å². The molecule has 4 N–H and O–H groups in total. The summed E-state index contributed by atoms with van der Waals surface area (Å²) in [6.07, 6.45) is -0.620. The van der Waals surface area contributed by atoms with Crippen LogP contribution in [0.5, 0.6) is 0 Å². The summed E-state index contributed by atoms with van der Waals surface area (Å²) in [5.41, 5.74) is 6.19. The van der Waals surface area contributed by atoms with Gasteiger partial charge in [0.2, 0.25) is 5.91 Å². The molecular formula is C10H13NO3. The zero-order valence-corrected chi connectivity index (χ0v) is 7.68. The molecule has 4 nitrogen and oxygen atoms in total. The smallest absolute Gasteiger partial charge is 0.248 e. The van der Waals surface area contributed by atoms with E-state index in [0.29, 0.717) is 11.1 Å². The van der Waals surface area contributed by atoms with E-state index in [1.807, 2.05) is 0 Å². The average molecular weight is 195 g/mol.